The van der Waals surface area contributed by atoms with Gasteiger partial charge in [0.2, 0.25) is 0 Å². The summed E-state index contributed by atoms with van der Waals surface area (Å²) < 4.78 is 17.9. The number of ketones is 1. The molecule has 1 heterocycles. The largest absolute Gasteiger partial charge is 0.505 e. The third-order valence-electron chi connectivity index (χ3n) is 2.52. The molecule has 0 atom stereocenters. The summed E-state index contributed by atoms with van der Waals surface area (Å²) in [6.07, 6.45) is 0. The van der Waals surface area contributed by atoms with Gasteiger partial charge >= 0.3 is 5.97 Å². The first-order chi connectivity index (χ1) is 9.43. The van der Waals surface area contributed by atoms with Gasteiger partial charge in [0.1, 0.15) is 9.88 Å². The van der Waals surface area contributed by atoms with Crippen molar-refractivity contribution in [2.75, 3.05) is 7.11 Å². The molecule has 0 fully saturated rings. The number of phenolic OH excluding ortho intramolecular Hbond substituents is 1. The topological polar surface area (TPSA) is 76.5 Å². The molecule has 1 N–H and O–H groups in total. The Labute approximate surface area is 117 Å². The molecule has 20 heavy (non-hydrogen) atoms. The number of hydrogen-bond acceptors (Lipinski definition) is 6. The number of halogens is 1. The van der Waals surface area contributed by atoms with Gasteiger partial charge in [0.05, 0.1) is 7.11 Å². The van der Waals surface area contributed by atoms with Crippen LogP contribution in [-0.2, 0) is 4.74 Å². The monoisotopic (exact) mass is 295 g/mol. The number of benzene rings is 1. The van der Waals surface area contributed by atoms with Crippen molar-refractivity contribution in [3.8, 4) is 16.3 Å². The smallest absolute Gasteiger partial charge is 0.358 e. The first-order valence-corrected chi connectivity index (χ1v) is 6.34. The second-order valence-electron chi connectivity index (χ2n) is 3.91. The molecule has 104 valence electrons. The Morgan fingerprint density at radius 3 is 2.65 bits per heavy atom. The normalized spacial score (nSPS) is 10.3. The lowest BCUT2D eigenvalue weighted by Crippen LogP contribution is -2.06. The van der Waals surface area contributed by atoms with Crippen LogP contribution in [0.3, 0.4) is 0 Å². The first kappa shape index (κ1) is 14.1. The van der Waals surface area contributed by atoms with E-state index in [9.17, 15) is 14.0 Å². The highest BCUT2D eigenvalue weighted by molar-refractivity contribution is 7.17. The molecule has 0 spiro atoms. The second kappa shape index (κ2) is 5.38. The number of methoxy groups -OCH3 is 1. The van der Waals surface area contributed by atoms with Crippen molar-refractivity contribution < 1.29 is 23.8 Å². The molecule has 0 radical (unpaired) electrons. The van der Waals surface area contributed by atoms with E-state index in [-0.39, 0.29) is 16.4 Å². The maximum atomic E-state index is 13.3. The van der Waals surface area contributed by atoms with Gasteiger partial charge in [0.25, 0.3) is 0 Å². The van der Waals surface area contributed by atoms with Crippen LogP contribution in [0.2, 0.25) is 0 Å². The predicted molar refractivity (Wildman–Crippen MR) is 70.5 cm³/mol. The van der Waals surface area contributed by atoms with E-state index in [0.29, 0.717) is 10.6 Å². The van der Waals surface area contributed by atoms with Crippen LogP contribution in [0, 0.1) is 5.82 Å². The molecule has 0 saturated carbocycles. The third-order valence-corrected chi connectivity index (χ3v) is 3.73. The molecule has 2 aromatic rings. The second-order valence-corrected chi connectivity index (χ2v) is 4.91. The lowest BCUT2D eigenvalue weighted by atomic mass is 10.2. The number of Topliss-reactive ketones (excluding diaryl/α,β-unsaturated/α-hetero) is 1. The number of aromatic hydroxyl groups is 1. The van der Waals surface area contributed by atoms with E-state index in [1.54, 1.807) is 0 Å². The fraction of sp³-hybridized carbons (Fsp3) is 0.154. The number of esters is 1. The quantitative estimate of drug-likeness (QED) is 0.696. The Morgan fingerprint density at radius 1 is 1.40 bits per heavy atom. The lowest BCUT2D eigenvalue weighted by Gasteiger charge is -1.98. The maximum absolute atomic E-state index is 13.3. The van der Waals surface area contributed by atoms with Crippen LogP contribution in [0.25, 0.3) is 10.6 Å². The van der Waals surface area contributed by atoms with Gasteiger partial charge in [-0.2, -0.15) is 0 Å². The average molecular weight is 295 g/mol. The highest BCUT2D eigenvalue weighted by Gasteiger charge is 2.22. The number of carbonyl (C=O) groups is 2. The molecule has 0 aliphatic heterocycles. The first-order valence-electron chi connectivity index (χ1n) is 5.53. The highest BCUT2D eigenvalue weighted by Crippen LogP contribution is 2.31. The SMILES string of the molecule is COC(=O)c1nc(-c2ccc(O)c(F)c2)sc1C(C)=O. The Bertz CT molecular complexity index is 696. The van der Waals surface area contributed by atoms with Gasteiger partial charge in [0.15, 0.2) is 23.0 Å². The summed E-state index contributed by atoms with van der Waals surface area (Å²) in [6.45, 7) is 1.31. The number of hydrogen-bond donors (Lipinski definition) is 1. The Kier molecular flexibility index (Phi) is 3.80. The summed E-state index contributed by atoms with van der Waals surface area (Å²) in [6, 6.07) is 3.71. The zero-order valence-electron chi connectivity index (χ0n) is 10.6. The summed E-state index contributed by atoms with van der Waals surface area (Å²) in [5.74, 6) is -2.34. The third kappa shape index (κ3) is 2.53. The van der Waals surface area contributed by atoms with Crippen molar-refractivity contribution in [2.24, 2.45) is 0 Å². The summed E-state index contributed by atoms with van der Waals surface area (Å²) >= 11 is 0.969. The van der Waals surface area contributed by atoms with Gasteiger partial charge in [-0.15, -0.1) is 11.3 Å². The van der Waals surface area contributed by atoms with Crippen LogP contribution in [0.4, 0.5) is 4.39 Å². The number of ether oxygens (including phenoxy) is 1. The van der Waals surface area contributed by atoms with E-state index in [1.807, 2.05) is 0 Å². The van der Waals surface area contributed by atoms with Gasteiger partial charge < -0.3 is 9.84 Å². The molecule has 7 heteroatoms. The van der Waals surface area contributed by atoms with Crippen molar-refractivity contribution in [3.05, 3.63) is 34.6 Å². The van der Waals surface area contributed by atoms with E-state index >= 15 is 0 Å². The van der Waals surface area contributed by atoms with Crippen LogP contribution in [-0.4, -0.2) is 29.0 Å². The number of nitrogens with zero attached hydrogens (tertiary/aromatic N) is 1. The number of rotatable bonds is 3. The fourth-order valence-corrected chi connectivity index (χ4v) is 2.50. The van der Waals surface area contributed by atoms with Crippen molar-refractivity contribution >= 4 is 23.1 Å². The molecule has 1 aromatic heterocycles. The minimum atomic E-state index is -0.804. The van der Waals surface area contributed by atoms with Crippen molar-refractivity contribution in [1.29, 1.82) is 0 Å². The average Bonchev–Trinajstić information content (AvgIpc) is 2.86. The Morgan fingerprint density at radius 2 is 2.10 bits per heavy atom. The van der Waals surface area contributed by atoms with Gasteiger partial charge in [-0.3, -0.25) is 4.79 Å². The molecule has 0 saturated heterocycles. The van der Waals surface area contributed by atoms with E-state index < -0.39 is 17.5 Å². The molecular weight excluding hydrogens is 285 g/mol. The Balaban J connectivity index is 2.55. The number of carbonyl (C=O) groups excluding carboxylic acids is 2. The minimum Gasteiger partial charge on any atom is -0.505 e. The zero-order valence-corrected chi connectivity index (χ0v) is 11.5. The summed E-state index contributed by atoms with van der Waals surface area (Å²) in [4.78, 5) is 27.2. The van der Waals surface area contributed by atoms with Gasteiger partial charge in [0, 0.05) is 12.5 Å². The molecular formula is C13H10FNO4S. The number of thiazole rings is 1. The van der Waals surface area contributed by atoms with Crippen molar-refractivity contribution in [2.45, 2.75) is 6.92 Å². The molecule has 0 unspecified atom stereocenters. The lowest BCUT2D eigenvalue weighted by molar-refractivity contribution is 0.0591. The fourth-order valence-electron chi connectivity index (χ4n) is 1.56. The summed E-state index contributed by atoms with van der Waals surface area (Å²) in [7, 11) is 1.19. The summed E-state index contributed by atoms with van der Waals surface area (Å²) in [5.41, 5.74) is 0.274. The maximum Gasteiger partial charge on any atom is 0.358 e. The van der Waals surface area contributed by atoms with Crippen LogP contribution in [0.1, 0.15) is 27.1 Å². The highest BCUT2D eigenvalue weighted by atomic mass is 32.1. The van der Waals surface area contributed by atoms with E-state index in [4.69, 9.17) is 5.11 Å². The zero-order chi connectivity index (χ0) is 14.9. The van der Waals surface area contributed by atoms with Crippen molar-refractivity contribution in [1.82, 2.24) is 4.98 Å². The number of aromatic nitrogens is 1. The summed E-state index contributed by atoms with van der Waals surface area (Å²) in [5, 5.41) is 9.45. The molecule has 5 nitrogen and oxygen atoms in total. The molecule has 0 bridgehead atoms. The van der Waals surface area contributed by atoms with Crippen LogP contribution in [0.15, 0.2) is 18.2 Å². The molecule has 1 aromatic carbocycles. The van der Waals surface area contributed by atoms with Gasteiger partial charge in [-0.25, -0.2) is 14.2 Å². The standard InChI is InChI=1S/C13H10FNO4S/c1-6(16)11-10(13(18)19-2)15-12(20-11)7-3-4-9(17)8(14)5-7/h3-5,17H,1-2H3. The number of phenols is 1. The molecule has 2 rings (SSSR count). The molecule has 0 aliphatic rings. The van der Waals surface area contributed by atoms with E-state index in [2.05, 4.69) is 9.72 Å². The van der Waals surface area contributed by atoms with Crippen molar-refractivity contribution in [3.63, 3.8) is 0 Å². The Hall–Kier alpha value is -2.28. The van der Waals surface area contributed by atoms with Gasteiger partial charge in [-0.1, -0.05) is 0 Å². The predicted octanol–water partition coefficient (Wildman–Crippen LogP) is 2.64. The van der Waals surface area contributed by atoms with E-state index in [1.165, 1.54) is 26.2 Å². The van der Waals surface area contributed by atoms with Crippen LogP contribution >= 0.6 is 11.3 Å². The molecule has 0 aliphatic carbocycles. The molecule has 0 amide bonds. The van der Waals surface area contributed by atoms with E-state index in [0.717, 1.165) is 17.4 Å². The van der Waals surface area contributed by atoms with Crippen LogP contribution < -0.4 is 0 Å². The van der Waals surface area contributed by atoms with Gasteiger partial charge in [-0.05, 0) is 18.2 Å². The minimum absolute atomic E-state index is 0.0894. The van der Waals surface area contributed by atoms with Crippen LogP contribution in [0.5, 0.6) is 5.75 Å².